The van der Waals surface area contributed by atoms with Gasteiger partial charge in [0.15, 0.2) is 0 Å². The van der Waals surface area contributed by atoms with Crippen molar-refractivity contribution in [2.45, 2.75) is 0 Å². The minimum absolute atomic E-state index is 0. The van der Waals surface area contributed by atoms with Crippen molar-refractivity contribution in [3.8, 4) is 0 Å². The quantitative estimate of drug-likeness (QED) is 0.308. The van der Waals surface area contributed by atoms with E-state index < -0.39 is 9.05 Å². The maximum Gasteiger partial charge on any atom is 0 e. The minimum atomic E-state index is -4.61. The molecule has 0 aliphatic heterocycles. The van der Waals surface area contributed by atoms with E-state index in [1.807, 2.05) is 0 Å². The van der Waals surface area contributed by atoms with E-state index in [0.717, 1.165) is 0 Å². The van der Waals surface area contributed by atoms with Gasteiger partial charge in [-0.05, 0) is 0 Å². The predicted octanol–water partition coefficient (Wildman–Crippen LogP) is -4.71. The van der Waals surface area contributed by atoms with Crippen molar-refractivity contribution in [3.05, 3.63) is 0 Å². The molecule has 47 valence electrons. The van der Waals surface area contributed by atoms with Gasteiger partial charge in [0.05, 0.1) is 0 Å². The fraction of sp³-hybridized carbons (Fsp3) is 0. The number of hydrogen-bond acceptors (Lipinski definition) is 4. The van der Waals surface area contributed by atoms with Crippen molar-refractivity contribution in [2.75, 3.05) is 0 Å². The normalized spacial score (nSPS) is 7.50. The molecule has 0 amide bonds. The third kappa shape index (κ3) is 63.9. The van der Waals surface area contributed by atoms with E-state index in [0.29, 0.717) is 0 Å². The molecule has 0 heterocycles. The van der Waals surface area contributed by atoms with Gasteiger partial charge in [-0.1, -0.05) is 0 Å². The first kappa shape index (κ1) is 22.4. The van der Waals surface area contributed by atoms with E-state index in [-0.39, 0.29) is 91.1 Å². The van der Waals surface area contributed by atoms with Crippen LogP contribution >= 0.6 is 0 Å². The fourth-order valence-corrected chi connectivity index (χ4v) is 0. The van der Waals surface area contributed by atoms with Gasteiger partial charge in [-0.15, -0.1) is 0 Å². The average molecular weight is 401 g/mol. The number of rotatable bonds is 0. The molecule has 8 heavy (non-hydrogen) atoms. The second-order valence-electron chi connectivity index (χ2n) is 0.600. The molecule has 0 saturated heterocycles. The van der Waals surface area contributed by atoms with Crippen LogP contribution in [0.3, 0.4) is 0 Å². The third-order valence-electron chi connectivity index (χ3n) is 0. The molecule has 4 nitrogen and oxygen atoms in total. The zero-order valence-corrected chi connectivity index (χ0v) is 5.93. The largest absolute Gasteiger partial charge is 0 e. The van der Waals surface area contributed by atoms with Gasteiger partial charge in [0.25, 0.3) is 0 Å². The van der Waals surface area contributed by atoms with Crippen LogP contribution in [0.5, 0.6) is 0 Å². The van der Waals surface area contributed by atoms with E-state index in [4.69, 9.17) is 19.2 Å². The molecule has 0 saturated carbocycles. The van der Waals surface area contributed by atoms with E-state index >= 15 is 0 Å². The molecule has 0 aliphatic rings. The molecule has 0 bridgehead atoms. The summed E-state index contributed by atoms with van der Waals surface area (Å²) in [6, 6.07) is 0. The summed E-state index contributed by atoms with van der Waals surface area (Å²) in [4.78, 5) is 29.3. The smallest absolute Gasteiger partial charge is 0 e. The van der Waals surface area contributed by atoms with Gasteiger partial charge in [0.2, 0.25) is 0 Å². The summed E-state index contributed by atoms with van der Waals surface area (Å²) in [7, 11) is -4.61. The molecule has 0 fully saturated rings. The minimum Gasteiger partial charge on any atom is 0 e. The second-order valence-corrected chi connectivity index (χ2v) is 1.80. The molecule has 1 radical (unpaired) electrons. The molecule has 0 aromatic heterocycles. The zero-order chi connectivity index (χ0) is 4.50. The van der Waals surface area contributed by atoms with Crippen LogP contribution in [0.1, 0.15) is 0 Å². The zero-order valence-electron chi connectivity index (χ0n) is 2.74. The molecular formula is H9BaGaNbO4Si. The van der Waals surface area contributed by atoms with Crippen molar-refractivity contribution in [3.63, 3.8) is 0 Å². The van der Waals surface area contributed by atoms with Gasteiger partial charge < -0.3 is 19.2 Å². The van der Waals surface area contributed by atoms with Crippen molar-refractivity contribution in [1.29, 1.82) is 0 Å². The van der Waals surface area contributed by atoms with Crippen LogP contribution in [-0.2, 0) is 22.4 Å². The first-order valence-electron chi connectivity index (χ1n) is 0.894. The Hall–Kier alpha value is 3.00. The Labute approximate surface area is 117 Å². The third-order valence-corrected chi connectivity index (χ3v) is 0. The molecular weight excluding hydrogens is 392 g/mol. The predicted molar refractivity (Wildman–Crippen MR) is 33.1 cm³/mol. The van der Waals surface area contributed by atoms with Crippen LogP contribution < -0.4 is 0 Å². The van der Waals surface area contributed by atoms with Gasteiger partial charge in [-0.2, -0.15) is 0 Å². The van der Waals surface area contributed by atoms with E-state index in [2.05, 4.69) is 0 Å². The van der Waals surface area contributed by atoms with Crippen LogP contribution in [0.15, 0.2) is 0 Å². The Morgan fingerprint density at radius 2 is 0.875 bits per heavy atom. The van der Waals surface area contributed by atoms with Crippen molar-refractivity contribution >= 4 is 77.7 Å². The molecule has 0 atom stereocenters. The second kappa shape index (κ2) is 10.0. The number of hydrogen-bond donors (Lipinski definition) is 4. The van der Waals surface area contributed by atoms with E-state index in [9.17, 15) is 0 Å². The molecule has 4 N–H and O–H groups in total. The van der Waals surface area contributed by atoms with Crippen LogP contribution in [0, 0.1) is 0 Å². The molecule has 0 aliphatic carbocycles. The van der Waals surface area contributed by atoms with Crippen LogP contribution in [0.4, 0.5) is 0 Å². The molecule has 0 aromatic rings. The Balaban J connectivity index is -0.0000000267. The Morgan fingerprint density at radius 1 is 0.875 bits per heavy atom. The van der Waals surface area contributed by atoms with Crippen LogP contribution in [0.2, 0.25) is 0 Å². The van der Waals surface area contributed by atoms with E-state index in [1.165, 1.54) is 0 Å². The summed E-state index contributed by atoms with van der Waals surface area (Å²) in [5.74, 6) is 0. The summed E-state index contributed by atoms with van der Waals surface area (Å²) < 4.78 is 0. The maximum absolute atomic E-state index is 7.33. The molecule has 0 unspecified atom stereocenters. The van der Waals surface area contributed by atoms with Gasteiger partial charge >= 0.3 is 77.7 Å². The summed E-state index contributed by atoms with van der Waals surface area (Å²) in [5.41, 5.74) is 0. The maximum atomic E-state index is 7.33. The Kier molecular flexibility index (Phi) is 28.1. The summed E-state index contributed by atoms with van der Waals surface area (Å²) in [5, 5.41) is 0. The van der Waals surface area contributed by atoms with Crippen molar-refractivity contribution in [1.82, 2.24) is 0 Å². The fourth-order valence-electron chi connectivity index (χ4n) is 0. The van der Waals surface area contributed by atoms with Crippen molar-refractivity contribution < 1.29 is 41.6 Å². The monoisotopic (exact) mass is 401 g/mol. The topological polar surface area (TPSA) is 80.9 Å². The van der Waals surface area contributed by atoms with Gasteiger partial charge in [0, 0.05) is 22.4 Å². The standard InChI is InChI=1S/Ba.Ga.Nb.H4O4Si.5H/c;;;1-5(2,3)4;;;;;/h;;;1-4H;;;;;. The Bertz CT molecular complexity index is 31.5. The molecule has 0 rings (SSSR count). The Morgan fingerprint density at radius 3 is 0.875 bits per heavy atom. The average Bonchev–Trinajstić information content (AvgIpc) is 0.722. The van der Waals surface area contributed by atoms with Crippen LogP contribution in [-0.4, -0.2) is 96.9 Å². The van der Waals surface area contributed by atoms with Crippen LogP contribution in [0.25, 0.3) is 0 Å². The van der Waals surface area contributed by atoms with Gasteiger partial charge in [-0.25, -0.2) is 0 Å². The SMILES string of the molecule is O[Si](O)(O)O.[BaH2].[GaH3].[Nb]. The van der Waals surface area contributed by atoms with Gasteiger partial charge in [0.1, 0.15) is 0 Å². The van der Waals surface area contributed by atoms with Crippen molar-refractivity contribution in [2.24, 2.45) is 0 Å². The molecule has 0 aromatic carbocycles. The van der Waals surface area contributed by atoms with E-state index in [1.54, 1.807) is 0 Å². The molecule has 8 heteroatoms. The molecule has 0 spiro atoms. The first-order chi connectivity index (χ1) is 2.00. The summed E-state index contributed by atoms with van der Waals surface area (Å²) in [6.45, 7) is 0. The first-order valence-corrected chi connectivity index (χ1v) is 2.68. The summed E-state index contributed by atoms with van der Waals surface area (Å²) in [6.07, 6.45) is 0. The van der Waals surface area contributed by atoms with Gasteiger partial charge in [-0.3, -0.25) is 0 Å². The summed E-state index contributed by atoms with van der Waals surface area (Å²) >= 11 is 0.